The maximum atomic E-state index is 11.4. The van der Waals surface area contributed by atoms with Gasteiger partial charge < -0.3 is 22.0 Å². The van der Waals surface area contributed by atoms with Crippen molar-refractivity contribution >= 4 is 9.84 Å². The normalized spacial score (nSPS) is 43.2. The van der Waals surface area contributed by atoms with E-state index in [-0.39, 0.29) is 18.5 Å². The first-order valence-electron chi connectivity index (χ1n) is 5.75. The van der Waals surface area contributed by atoms with Crippen molar-refractivity contribution in [3.63, 3.8) is 0 Å². The molecule has 4 nitrogen and oxygen atoms in total. The second kappa shape index (κ2) is 3.83. The molecule has 3 fully saturated rings. The van der Waals surface area contributed by atoms with E-state index >= 15 is 0 Å². The Labute approximate surface area is 103 Å². The van der Waals surface area contributed by atoms with Gasteiger partial charge in [-0.1, -0.05) is 0 Å². The predicted octanol–water partition coefficient (Wildman–Crippen LogP) is -3.61. The fourth-order valence-electron chi connectivity index (χ4n) is 3.74. The van der Waals surface area contributed by atoms with E-state index in [1.54, 1.807) is 0 Å². The third-order valence-corrected chi connectivity index (χ3v) is 6.31. The molecule has 94 valence electrons. The Morgan fingerprint density at radius 1 is 1.12 bits per heavy atom. The van der Waals surface area contributed by atoms with Crippen LogP contribution in [-0.4, -0.2) is 61.3 Å². The van der Waals surface area contributed by atoms with Crippen molar-refractivity contribution in [2.45, 2.75) is 25.0 Å². The first-order valence-corrected chi connectivity index (χ1v) is 7.57. The third kappa shape index (κ3) is 1.78. The number of hydrogen-bond acceptors (Lipinski definition) is 3. The summed E-state index contributed by atoms with van der Waals surface area (Å²) in [4.78, 5) is 0. The second-order valence-electron chi connectivity index (χ2n) is 5.45. The Morgan fingerprint density at radius 2 is 1.75 bits per heavy atom. The molecule has 3 rings (SSSR count). The predicted molar refractivity (Wildman–Crippen MR) is 56.0 cm³/mol. The molecule has 0 aromatic heterocycles. The van der Waals surface area contributed by atoms with E-state index in [9.17, 15) is 13.5 Å². The molecule has 1 spiro atoms. The lowest BCUT2D eigenvalue weighted by Crippen LogP contribution is -3.00. The van der Waals surface area contributed by atoms with E-state index in [0.29, 0.717) is 23.5 Å². The van der Waals surface area contributed by atoms with Gasteiger partial charge >= 0.3 is 0 Å². The van der Waals surface area contributed by atoms with Crippen molar-refractivity contribution in [3.05, 3.63) is 0 Å². The monoisotopic (exact) mass is 267 g/mol. The zero-order valence-corrected chi connectivity index (χ0v) is 10.8. The van der Waals surface area contributed by atoms with Gasteiger partial charge in [0.1, 0.15) is 0 Å². The average molecular weight is 268 g/mol. The van der Waals surface area contributed by atoms with Gasteiger partial charge in [-0.15, -0.1) is 0 Å². The zero-order chi connectivity index (χ0) is 10.7. The summed E-state index contributed by atoms with van der Waals surface area (Å²) in [6, 6.07) is 0.542. The number of fused-ring (bicyclic) bond motifs is 3. The molecule has 0 aromatic rings. The first kappa shape index (κ1) is 12.6. The molecular formula is C10H18ClNO3S. The van der Waals surface area contributed by atoms with Crippen molar-refractivity contribution < 1.29 is 30.4 Å². The average Bonchev–Trinajstić information content (AvgIpc) is 2.68. The van der Waals surface area contributed by atoms with Gasteiger partial charge in [-0.2, -0.15) is 0 Å². The van der Waals surface area contributed by atoms with E-state index in [2.05, 4.69) is 0 Å². The minimum Gasteiger partial charge on any atom is -1.00 e. The molecule has 0 amide bonds. The van der Waals surface area contributed by atoms with E-state index in [1.807, 2.05) is 0 Å². The molecule has 16 heavy (non-hydrogen) atoms. The van der Waals surface area contributed by atoms with Crippen LogP contribution in [0.1, 0.15) is 12.8 Å². The minimum absolute atomic E-state index is 0. The van der Waals surface area contributed by atoms with Crippen molar-refractivity contribution in [2.24, 2.45) is 5.92 Å². The maximum absolute atomic E-state index is 11.4. The standard InChI is InChI=1S/C10H18NO3S.ClH/c12-10-6-9-5-8(10)7-11(9)1-3-15(13,14)4-2-11;/h8-10,12H,1-7H2;1H/q+1;/p-1. The van der Waals surface area contributed by atoms with Gasteiger partial charge in [0, 0.05) is 18.8 Å². The zero-order valence-electron chi connectivity index (χ0n) is 9.18. The van der Waals surface area contributed by atoms with Crippen LogP contribution in [0.5, 0.6) is 0 Å². The number of quaternary nitrogens is 1. The van der Waals surface area contributed by atoms with Gasteiger partial charge in [0.05, 0.1) is 43.3 Å². The molecule has 2 bridgehead atoms. The molecule has 1 aliphatic carbocycles. The van der Waals surface area contributed by atoms with Crippen LogP contribution >= 0.6 is 0 Å². The lowest BCUT2D eigenvalue weighted by molar-refractivity contribution is -0.941. The summed E-state index contributed by atoms with van der Waals surface area (Å²) < 4.78 is 23.8. The molecule has 3 unspecified atom stereocenters. The van der Waals surface area contributed by atoms with Crippen molar-refractivity contribution in [2.75, 3.05) is 31.1 Å². The molecule has 2 saturated heterocycles. The fraction of sp³-hybridized carbons (Fsp3) is 1.00. The van der Waals surface area contributed by atoms with Gasteiger partial charge in [-0.05, 0) is 0 Å². The minimum atomic E-state index is -2.75. The Hall–Kier alpha value is 0.160. The van der Waals surface area contributed by atoms with Crippen molar-refractivity contribution in [1.82, 2.24) is 0 Å². The van der Waals surface area contributed by atoms with E-state index < -0.39 is 9.84 Å². The molecule has 2 heterocycles. The van der Waals surface area contributed by atoms with Crippen LogP contribution in [-0.2, 0) is 9.84 Å². The largest absolute Gasteiger partial charge is 1.00 e. The van der Waals surface area contributed by atoms with E-state index in [1.165, 1.54) is 0 Å². The van der Waals surface area contributed by atoms with Crippen LogP contribution in [0.2, 0.25) is 0 Å². The van der Waals surface area contributed by atoms with E-state index in [0.717, 1.165) is 37.0 Å². The highest BCUT2D eigenvalue weighted by molar-refractivity contribution is 7.91. The van der Waals surface area contributed by atoms with Gasteiger partial charge in [-0.25, -0.2) is 8.42 Å². The Morgan fingerprint density at radius 3 is 2.19 bits per heavy atom. The number of rotatable bonds is 0. The number of halogens is 1. The molecule has 0 radical (unpaired) electrons. The van der Waals surface area contributed by atoms with Crippen LogP contribution in [0.4, 0.5) is 0 Å². The van der Waals surface area contributed by atoms with Crippen molar-refractivity contribution in [1.29, 1.82) is 0 Å². The summed E-state index contributed by atoms with van der Waals surface area (Å²) >= 11 is 0. The molecule has 1 saturated carbocycles. The molecular weight excluding hydrogens is 250 g/mol. The second-order valence-corrected chi connectivity index (χ2v) is 7.76. The molecule has 6 heteroatoms. The summed E-state index contributed by atoms with van der Waals surface area (Å²) in [5, 5.41) is 9.71. The van der Waals surface area contributed by atoms with E-state index in [4.69, 9.17) is 0 Å². The number of nitrogens with zero attached hydrogens (tertiary/aromatic N) is 1. The van der Waals surface area contributed by atoms with Crippen LogP contribution in [0, 0.1) is 5.92 Å². The van der Waals surface area contributed by atoms with Crippen LogP contribution in [0.3, 0.4) is 0 Å². The van der Waals surface area contributed by atoms with Crippen LogP contribution in [0.25, 0.3) is 0 Å². The van der Waals surface area contributed by atoms with Crippen molar-refractivity contribution in [3.8, 4) is 0 Å². The number of aliphatic hydroxyl groups is 1. The third-order valence-electron chi connectivity index (χ3n) is 4.70. The topological polar surface area (TPSA) is 54.4 Å². The summed E-state index contributed by atoms with van der Waals surface area (Å²) in [7, 11) is -2.75. The number of piperidine rings is 1. The van der Waals surface area contributed by atoms with Gasteiger partial charge in [0.2, 0.25) is 0 Å². The Kier molecular flexibility index (Phi) is 3.02. The molecule has 3 atom stereocenters. The summed E-state index contributed by atoms with van der Waals surface area (Å²) in [5.41, 5.74) is 0. The number of hydrogen-bond donors (Lipinski definition) is 1. The Balaban J connectivity index is 0.000000963. The summed E-state index contributed by atoms with van der Waals surface area (Å²) in [6.45, 7) is 2.59. The molecule has 0 aromatic carbocycles. The quantitative estimate of drug-likeness (QED) is 0.462. The smallest absolute Gasteiger partial charge is 0.161 e. The lowest BCUT2D eigenvalue weighted by Gasteiger charge is -2.45. The lowest BCUT2D eigenvalue weighted by atomic mass is 10.0. The van der Waals surface area contributed by atoms with Gasteiger partial charge in [-0.3, -0.25) is 0 Å². The highest BCUT2D eigenvalue weighted by Gasteiger charge is 2.56. The number of sulfone groups is 1. The van der Waals surface area contributed by atoms with Crippen LogP contribution < -0.4 is 12.4 Å². The Bertz CT molecular complexity index is 368. The van der Waals surface area contributed by atoms with Gasteiger partial charge in [0.15, 0.2) is 9.84 Å². The molecule has 3 aliphatic rings. The summed E-state index contributed by atoms with van der Waals surface area (Å²) in [5.74, 6) is 1.15. The van der Waals surface area contributed by atoms with Gasteiger partial charge in [0.25, 0.3) is 0 Å². The SMILES string of the molecule is O=S1(=O)CC[N+]2(CC1)CC1CC2CC1O.[Cl-]. The fourth-order valence-corrected chi connectivity index (χ4v) is 5.22. The molecule has 2 aliphatic heterocycles. The summed E-state index contributed by atoms with van der Waals surface area (Å²) in [6.07, 6.45) is 1.89. The molecule has 1 N–H and O–H groups in total. The number of aliphatic hydroxyl groups excluding tert-OH is 1. The maximum Gasteiger partial charge on any atom is 0.161 e. The highest BCUT2D eigenvalue weighted by Crippen LogP contribution is 2.44. The highest BCUT2D eigenvalue weighted by atomic mass is 35.5. The first-order chi connectivity index (χ1) is 7.01. The van der Waals surface area contributed by atoms with Crippen LogP contribution in [0.15, 0.2) is 0 Å².